The molecule has 8 heteroatoms. The van der Waals surface area contributed by atoms with E-state index in [-0.39, 0.29) is 16.3 Å². The number of aryl methyl sites for hydroxylation is 1. The molecule has 20 heavy (non-hydrogen) atoms. The Morgan fingerprint density at radius 2 is 2.05 bits per heavy atom. The van der Waals surface area contributed by atoms with Crippen LogP contribution in [0.5, 0.6) is 0 Å². The first-order chi connectivity index (χ1) is 9.31. The summed E-state index contributed by atoms with van der Waals surface area (Å²) in [5.74, 6) is -0.0118. The molecule has 1 N–H and O–H groups in total. The normalized spacial score (nSPS) is 13.4. The summed E-state index contributed by atoms with van der Waals surface area (Å²) < 4.78 is 45.2. The van der Waals surface area contributed by atoms with Crippen LogP contribution < -0.4 is 4.72 Å². The largest absolute Gasteiger partial charge is 0.338 e. The highest BCUT2D eigenvalue weighted by atomic mass is 32.2. The van der Waals surface area contributed by atoms with Gasteiger partial charge in [0, 0.05) is 5.56 Å². The van der Waals surface area contributed by atoms with Gasteiger partial charge in [-0.25, -0.2) is 12.8 Å². The van der Waals surface area contributed by atoms with E-state index in [1.807, 2.05) is 0 Å². The molecule has 1 heterocycles. The Hall–Kier alpha value is -1.80. The van der Waals surface area contributed by atoms with Crippen molar-refractivity contribution in [3.8, 4) is 0 Å². The van der Waals surface area contributed by atoms with Crippen LogP contribution >= 0.6 is 0 Å². The maximum Gasteiger partial charge on any atom is 0.244 e. The first kappa shape index (κ1) is 14.6. The Balaban J connectivity index is 2.30. The van der Waals surface area contributed by atoms with Gasteiger partial charge in [-0.2, -0.15) is 9.71 Å². The topological polar surface area (TPSA) is 85.1 Å². The second-order valence-corrected chi connectivity index (χ2v) is 6.07. The number of nitrogens with one attached hydrogen (secondary N) is 1. The quantitative estimate of drug-likeness (QED) is 0.931. The molecule has 0 bridgehead atoms. The molecule has 1 aromatic carbocycles. The molecule has 0 aliphatic heterocycles. The molecule has 0 unspecified atom stereocenters. The van der Waals surface area contributed by atoms with Gasteiger partial charge >= 0.3 is 0 Å². The number of rotatable bonds is 4. The third kappa shape index (κ3) is 2.86. The van der Waals surface area contributed by atoms with Gasteiger partial charge in [0.15, 0.2) is 5.82 Å². The molecule has 6 nitrogen and oxygen atoms in total. The third-order valence-corrected chi connectivity index (χ3v) is 4.44. The number of nitrogens with zero attached hydrogens (tertiary/aromatic N) is 2. The van der Waals surface area contributed by atoms with E-state index in [1.165, 1.54) is 25.1 Å². The minimum atomic E-state index is -3.87. The molecule has 1 atom stereocenters. The number of hydrogen-bond donors (Lipinski definition) is 1. The molecule has 0 fully saturated rings. The highest BCUT2D eigenvalue weighted by Crippen LogP contribution is 2.20. The average molecular weight is 299 g/mol. The maximum absolute atomic E-state index is 13.4. The summed E-state index contributed by atoms with van der Waals surface area (Å²) in [7, 11) is -3.87. The van der Waals surface area contributed by atoms with E-state index in [9.17, 15) is 12.8 Å². The molecule has 0 aliphatic carbocycles. The minimum absolute atomic E-state index is 0.0638. The van der Waals surface area contributed by atoms with Crippen LogP contribution in [0.3, 0.4) is 0 Å². The van der Waals surface area contributed by atoms with Crippen molar-refractivity contribution >= 4 is 10.0 Å². The second-order valence-electron chi connectivity index (χ2n) is 4.39. The molecule has 2 aromatic rings. The predicted molar refractivity (Wildman–Crippen MR) is 68.9 cm³/mol. The minimum Gasteiger partial charge on any atom is -0.338 e. The standard InChI is InChI=1S/C12H14FN3O3S/c1-7-10(13)5-4-6-11(7)20(17,18)16-8(2)12-14-9(3)15-19-12/h4-6,8,16H,1-3H3/t8-/m0/s1. The van der Waals surface area contributed by atoms with Gasteiger partial charge in [0.2, 0.25) is 15.9 Å². The van der Waals surface area contributed by atoms with Gasteiger partial charge in [0.05, 0.1) is 10.9 Å². The maximum atomic E-state index is 13.4. The van der Waals surface area contributed by atoms with Crippen LogP contribution in [0.2, 0.25) is 0 Å². The van der Waals surface area contributed by atoms with Crippen LogP contribution in [0, 0.1) is 19.7 Å². The first-order valence-corrected chi connectivity index (χ1v) is 7.37. The second kappa shape index (κ2) is 5.29. The van der Waals surface area contributed by atoms with Gasteiger partial charge in [0.1, 0.15) is 5.82 Å². The van der Waals surface area contributed by atoms with E-state index in [1.54, 1.807) is 13.8 Å². The summed E-state index contributed by atoms with van der Waals surface area (Å²) in [6.45, 7) is 4.61. The molecule has 2 rings (SSSR count). The molecule has 0 aliphatic rings. The Labute approximate surface area is 116 Å². The van der Waals surface area contributed by atoms with Crippen LogP contribution in [-0.4, -0.2) is 18.6 Å². The Bertz CT molecular complexity index is 727. The van der Waals surface area contributed by atoms with E-state index in [0.29, 0.717) is 5.82 Å². The highest BCUT2D eigenvalue weighted by Gasteiger charge is 2.24. The monoisotopic (exact) mass is 299 g/mol. The van der Waals surface area contributed by atoms with Crippen LogP contribution in [0.15, 0.2) is 27.6 Å². The van der Waals surface area contributed by atoms with Crippen molar-refractivity contribution in [1.82, 2.24) is 14.9 Å². The van der Waals surface area contributed by atoms with Crippen molar-refractivity contribution in [2.75, 3.05) is 0 Å². The van der Waals surface area contributed by atoms with Gasteiger partial charge in [-0.1, -0.05) is 11.2 Å². The summed E-state index contributed by atoms with van der Waals surface area (Å²) in [4.78, 5) is 3.84. The number of hydrogen-bond acceptors (Lipinski definition) is 5. The number of benzene rings is 1. The van der Waals surface area contributed by atoms with Gasteiger partial charge < -0.3 is 4.52 Å². The Morgan fingerprint density at radius 3 is 2.65 bits per heavy atom. The first-order valence-electron chi connectivity index (χ1n) is 5.89. The van der Waals surface area contributed by atoms with E-state index < -0.39 is 21.9 Å². The lowest BCUT2D eigenvalue weighted by Gasteiger charge is -2.12. The highest BCUT2D eigenvalue weighted by molar-refractivity contribution is 7.89. The fraction of sp³-hybridized carbons (Fsp3) is 0.333. The van der Waals surface area contributed by atoms with Crippen molar-refractivity contribution < 1.29 is 17.3 Å². The SMILES string of the molecule is Cc1noc([C@H](C)NS(=O)(=O)c2cccc(F)c2C)n1. The molecule has 0 amide bonds. The zero-order valence-corrected chi connectivity index (χ0v) is 12.0. The predicted octanol–water partition coefficient (Wildman–Crippen LogP) is 1.87. The average Bonchev–Trinajstić information content (AvgIpc) is 2.79. The summed E-state index contributed by atoms with van der Waals surface area (Å²) >= 11 is 0. The Morgan fingerprint density at radius 1 is 1.35 bits per heavy atom. The van der Waals surface area contributed by atoms with E-state index in [0.717, 1.165) is 0 Å². The van der Waals surface area contributed by atoms with Crippen molar-refractivity contribution in [1.29, 1.82) is 0 Å². The molecular weight excluding hydrogens is 285 g/mol. The summed E-state index contributed by atoms with van der Waals surface area (Å²) in [6, 6.07) is 3.19. The van der Waals surface area contributed by atoms with Gasteiger partial charge in [-0.05, 0) is 32.9 Å². The zero-order chi connectivity index (χ0) is 14.9. The molecule has 108 valence electrons. The molecular formula is C12H14FN3O3S. The third-order valence-electron chi connectivity index (χ3n) is 2.75. The fourth-order valence-corrected chi connectivity index (χ4v) is 3.17. The van der Waals surface area contributed by atoms with E-state index >= 15 is 0 Å². The van der Waals surface area contributed by atoms with Crippen LogP contribution in [0.25, 0.3) is 0 Å². The summed E-state index contributed by atoms with van der Waals surface area (Å²) in [5, 5.41) is 3.59. The van der Waals surface area contributed by atoms with Crippen molar-refractivity contribution in [3.63, 3.8) is 0 Å². The summed E-state index contributed by atoms with van der Waals surface area (Å²) in [6.07, 6.45) is 0. The zero-order valence-electron chi connectivity index (χ0n) is 11.2. The van der Waals surface area contributed by atoms with Crippen LogP contribution in [-0.2, 0) is 10.0 Å². The molecule has 0 saturated heterocycles. The smallest absolute Gasteiger partial charge is 0.244 e. The van der Waals surface area contributed by atoms with E-state index in [2.05, 4.69) is 14.9 Å². The van der Waals surface area contributed by atoms with Gasteiger partial charge in [-0.15, -0.1) is 0 Å². The fourth-order valence-electron chi connectivity index (χ4n) is 1.71. The number of aromatic nitrogens is 2. The molecule has 0 saturated carbocycles. The molecule has 0 radical (unpaired) electrons. The van der Waals surface area contributed by atoms with Crippen molar-refractivity contribution in [3.05, 3.63) is 41.3 Å². The lowest BCUT2D eigenvalue weighted by Crippen LogP contribution is -2.28. The lowest BCUT2D eigenvalue weighted by molar-refractivity contribution is 0.350. The summed E-state index contributed by atoms with van der Waals surface area (Å²) in [5.41, 5.74) is 0.0638. The number of halogens is 1. The van der Waals surface area contributed by atoms with Crippen molar-refractivity contribution in [2.24, 2.45) is 0 Å². The van der Waals surface area contributed by atoms with E-state index in [4.69, 9.17) is 4.52 Å². The molecule has 0 spiro atoms. The number of sulfonamides is 1. The molecule has 1 aromatic heterocycles. The van der Waals surface area contributed by atoms with Crippen LogP contribution in [0.4, 0.5) is 4.39 Å². The van der Waals surface area contributed by atoms with Gasteiger partial charge in [-0.3, -0.25) is 0 Å². The Kier molecular flexibility index (Phi) is 3.87. The lowest BCUT2D eigenvalue weighted by atomic mass is 10.2. The van der Waals surface area contributed by atoms with Gasteiger partial charge in [0.25, 0.3) is 0 Å². The van der Waals surface area contributed by atoms with Crippen LogP contribution in [0.1, 0.15) is 30.2 Å². The van der Waals surface area contributed by atoms with Crippen molar-refractivity contribution in [2.45, 2.75) is 31.7 Å².